The number of hydrogen-bond acceptors (Lipinski definition) is 5. The highest BCUT2D eigenvalue weighted by molar-refractivity contribution is 6.36. The maximum absolute atomic E-state index is 10.4. The van der Waals surface area contributed by atoms with Gasteiger partial charge in [0.2, 0.25) is 0 Å². The van der Waals surface area contributed by atoms with E-state index in [0.29, 0.717) is 25.7 Å². The van der Waals surface area contributed by atoms with Crippen molar-refractivity contribution in [1.82, 2.24) is 0 Å². The lowest BCUT2D eigenvalue weighted by molar-refractivity contribution is -0.141. The first-order valence-corrected chi connectivity index (χ1v) is 8.28. The first-order chi connectivity index (χ1) is 9.15. The Morgan fingerprint density at radius 2 is 1.63 bits per heavy atom. The number of alkyl halides is 1. The molecule has 0 unspecified atom stereocenters. The Morgan fingerprint density at radius 3 is 1.95 bits per heavy atom. The summed E-state index contributed by atoms with van der Waals surface area (Å²) < 4.78 is 20.2. The zero-order valence-corrected chi connectivity index (χ0v) is 13.9. The maximum Gasteiger partial charge on any atom is 0.484 e. The molecule has 0 fully saturated rings. The fourth-order valence-electron chi connectivity index (χ4n) is 0.854. The molecule has 0 aromatic carbocycles. The van der Waals surface area contributed by atoms with E-state index in [1.165, 1.54) is 6.08 Å². The Hall–Kier alpha value is -0.403. The number of carbonyl (C=O) groups is 1. The van der Waals surface area contributed by atoms with Crippen molar-refractivity contribution in [2.45, 2.75) is 27.2 Å². The standard InChI is InChI=1S/C6H9ClO2.C6H16O3Si/c1-2-5-9-6(8)3-4-7;1-4-7-10(8-5-2)9-6-3/h2H,1,3-5H2;10H,4-6H2,1-3H3. The molecule has 0 radical (unpaired) electrons. The normalized spacial score (nSPS) is 9.74. The third-order valence-electron chi connectivity index (χ3n) is 1.57. The van der Waals surface area contributed by atoms with E-state index < -0.39 is 9.53 Å². The van der Waals surface area contributed by atoms with Crippen LogP contribution in [0.15, 0.2) is 12.7 Å². The fraction of sp³-hybridized carbons (Fsp3) is 0.750. The van der Waals surface area contributed by atoms with Crippen molar-refractivity contribution in [2.75, 3.05) is 32.3 Å². The third-order valence-corrected chi connectivity index (χ3v) is 3.57. The van der Waals surface area contributed by atoms with E-state index >= 15 is 0 Å². The molecule has 0 heterocycles. The van der Waals surface area contributed by atoms with Crippen molar-refractivity contribution in [3.05, 3.63) is 12.7 Å². The van der Waals surface area contributed by atoms with Crippen LogP contribution in [0.4, 0.5) is 0 Å². The molecule has 0 aromatic heterocycles. The molecule has 0 aliphatic heterocycles. The van der Waals surface area contributed by atoms with Crippen LogP contribution in [-0.2, 0) is 22.8 Å². The van der Waals surface area contributed by atoms with Crippen LogP contribution in [0.2, 0.25) is 0 Å². The summed E-state index contributed by atoms with van der Waals surface area (Å²) in [4.78, 5) is 10.4. The summed E-state index contributed by atoms with van der Waals surface area (Å²) in [6, 6.07) is 0. The summed E-state index contributed by atoms with van der Waals surface area (Å²) in [7, 11) is -1.73. The van der Waals surface area contributed by atoms with Gasteiger partial charge in [-0.15, -0.1) is 11.6 Å². The second kappa shape index (κ2) is 17.6. The van der Waals surface area contributed by atoms with Gasteiger partial charge >= 0.3 is 15.5 Å². The molecule has 0 aliphatic rings. The first-order valence-electron chi connectivity index (χ1n) is 6.33. The highest BCUT2D eigenvalue weighted by Crippen LogP contribution is 1.91. The van der Waals surface area contributed by atoms with E-state index in [2.05, 4.69) is 11.3 Å². The van der Waals surface area contributed by atoms with Gasteiger partial charge in [-0.2, -0.15) is 0 Å². The van der Waals surface area contributed by atoms with Crippen LogP contribution >= 0.6 is 11.6 Å². The van der Waals surface area contributed by atoms with E-state index in [0.717, 1.165) is 0 Å². The average molecular weight is 313 g/mol. The summed E-state index contributed by atoms with van der Waals surface area (Å²) >= 11 is 5.25. The average Bonchev–Trinajstić information content (AvgIpc) is 2.38. The molecule has 0 aliphatic carbocycles. The van der Waals surface area contributed by atoms with Crippen LogP contribution in [-0.4, -0.2) is 47.8 Å². The number of carbonyl (C=O) groups excluding carboxylic acids is 1. The minimum absolute atomic E-state index is 0.273. The predicted molar refractivity (Wildman–Crippen MR) is 78.5 cm³/mol. The van der Waals surface area contributed by atoms with E-state index in [1.807, 2.05) is 20.8 Å². The lowest BCUT2D eigenvalue weighted by Crippen LogP contribution is -2.27. The van der Waals surface area contributed by atoms with Crippen LogP contribution in [0.5, 0.6) is 0 Å². The number of halogens is 1. The minimum Gasteiger partial charge on any atom is -0.461 e. The Balaban J connectivity index is 0. The molecular formula is C12H25ClO5Si. The van der Waals surface area contributed by atoms with Gasteiger partial charge in [0.05, 0.1) is 6.42 Å². The molecule has 19 heavy (non-hydrogen) atoms. The fourth-order valence-corrected chi connectivity index (χ4v) is 2.11. The topological polar surface area (TPSA) is 54.0 Å². The van der Waals surface area contributed by atoms with Crippen molar-refractivity contribution < 1.29 is 22.8 Å². The van der Waals surface area contributed by atoms with Gasteiger partial charge in [-0.05, 0) is 20.8 Å². The molecule has 0 spiro atoms. The summed E-state index contributed by atoms with van der Waals surface area (Å²) in [5.74, 6) is 0.0422. The molecule has 0 N–H and O–H groups in total. The van der Waals surface area contributed by atoms with Gasteiger partial charge in [0.1, 0.15) is 6.61 Å². The monoisotopic (exact) mass is 312 g/mol. The molecule has 114 valence electrons. The van der Waals surface area contributed by atoms with E-state index in [4.69, 9.17) is 24.9 Å². The number of hydrogen-bond donors (Lipinski definition) is 0. The maximum atomic E-state index is 10.4. The summed E-state index contributed by atoms with van der Waals surface area (Å²) in [5.41, 5.74) is 0. The molecule has 0 saturated heterocycles. The van der Waals surface area contributed by atoms with Gasteiger partial charge < -0.3 is 18.0 Å². The lowest BCUT2D eigenvalue weighted by Gasteiger charge is -2.12. The van der Waals surface area contributed by atoms with Crippen LogP contribution in [0.1, 0.15) is 27.2 Å². The minimum atomic E-state index is -1.73. The van der Waals surface area contributed by atoms with Crippen molar-refractivity contribution in [1.29, 1.82) is 0 Å². The van der Waals surface area contributed by atoms with Gasteiger partial charge in [0, 0.05) is 25.7 Å². The van der Waals surface area contributed by atoms with Gasteiger partial charge in [0.25, 0.3) is 0 Å². The van der Waals surface area contributed by atoms with Gasteiger partial charge in [0.15, 0.2) is 0 Å². The zero-order chi connectivity index (χ0) is 14.9. The van der Waals surface area contributed by atoms with E-state index in [1.54, 1.807) is 0 Å². The quantitative estimate of drug-likeness (QED) is 0.268. The Bertz CT molecular complexity index is 202. The number of esters is 1. The second-order valence-corrected chi connectivity index (χ2v) is 5.02. The molecule has 5 nitrogen and oxygen atoms in total. The molecule has 0 rings (SSSR count). The van der Waals surface area contributed by atoms with Crippen LogP contribution in [0.3, 0.4) is 0 Å². The summed E-state index contributed by atoms with van der Waals surface area (Å²) in [5, 5.41) is 0. The lowest BCUT2D eigenvalue weighted by atomic mass is 10.5. The molecule has 0 saturated carbocycles. The molecule has 0 atom stereocenters. The van der Waals surface area contributed by atoms with Crippen molar-refractivity contribution in [3.8, 4) is 0 Å². The Labute approximate surface area is 122 Å². The van der Waals surface area contributed by atoms with Crippen molar-refractivity contribution in [2.24, 2.45) is 0 Å². The van der Waals surface area contributed by atoms with Gasteiger partial charge in [-0.1, -0.05) is 12.7 Å². The van der Waals surface area contributed by atoms with Crippen LogP contribution < -0.4 is 0 Å². The third kappa shape index (κ3) is 17.6. The Morgan fingerprint density at radius 1 is 1.16 bits per heavy atom. The van der Waals surface area contributed by atoms with Crippen LogP contribution in [0.25, 0.3) is 0 Å². The smallest absolute Gasteiger partial charge is 0.461 e. The molecule has 7 heteroatoms. The highest BCUT2D eigenvalue weighted by atomic mass is 35.5. The number of ether oxygens (including phenoxy) is 1. The second-order valence-electron chi connectivity index (χ2n) is 3.07. The zero-order valence-electron chi connectivity index (χ0n) is 12.0. The van der Waals surface area contributed by atoms with Crippen molar-refractivity contribution >= 4 is 27.1 Å². The number of rotatable bonds is 10. The molecule has 0 bridgehead atoms. The van der Waals surface area contributed by atoms with Gasteiger partial charge in [-0.3, -0.25) is 4.79 Å². The molecular weight excluding hydrogens is 288 g/mol. The Kier molecular flexibility index (Phi) is 19.4. The molecule has 0 aromatic rings. The van der Waals surface area contributed by atoms with Crippen LogP contribution in [0, 0.1) is 0 Å². The first kappa shape index (κ1) is 20.9. The highest BCUT2D eigenvalue weighted by Gasteiger charge is 2.11. The predicted octanol–water partition coefficient (Wildman–Crippen LogP) is 2.16. The van der Waals surface area contributed by atoms with E-state index in [-0.39, 0.29) is 19.0 Å². The largest absolute Gasteiger partial charge is 0.484 e. The SMILES string of the molecule is C=CCOC(=O)CCCl.CCO[SiH](OCC)OCC. The molecule has 0 amide bonds. The summed E-state index contributed by atoms with van der Waals surface area (Å²) in [6.45, 7) is 11.5. The van der Waals surface area contributed by atoms with Crippen molar-refractivity contribution in [3.63, 3.8) is 0 Å². The van der Waals surface area contributed by atoms with E-state index in [9.17, 15) is 4.79 Å². The van der Waals surface area contributed by atoms with Gasteiger partial charge in [-0.25, -0.2) is 0 Å². The summed E-state index contributed by atoms with van der Waals surface area (Å²) in [6.07, 6.45) is 1.79.